The first-order chi connectivity index (χ1) is 10.9. The molecule has 0 aliphatic heterocycles. The van der Waals surface area contributed by atoms with Gasteiger partial charge in [-0.1, -0.05) is 63.2 Å². The van der Waals surface area contributed by atoms with E-state index in [2.05, 4.69) is 26.0 Å². The molecule has 2 aromatic rings. The fraction of sp³-hybridized carbons (Fsp3) is 0.250. The minimum Gasteiger partial charge on any atom is -0.478 e. The number of benzene rings is 2. The maximum absolute atomic E-state index is 10.9. The zero-order chi connectivity index (χ0) is 16.9. The van der Waals surface area contributed by atoms with Crippen LogP contribution in [0.3, 0.4) is 0 Å². The van der Waals surface area contributed by atoms with E-state index in [0.717, 1.165) is 0 Å². The smallest absolute Gasteiger partial charge is 0.334 e. The molecule has 0 aliphatic carbocycles. The molecule has 0 aliphatic rings. The molecule has 0 amide bonds. The lowest BCUT2D eigenvalue weighted by molar-refractivity contribution is -0.132. The highest BCUT2D eigenvalue weighted by atomic mass is 16.5. The van der Waals surface area contributed by atoms with Crippen molar-refractivity contribution in [2.75, 3.05) is 0 Å². The number of hydrogen-bond donors (Lipinski definition) is 1. The van der Waals surface area contributed by atoms with Crippen molar-refractivity contribution in [3.8, 4) is 5.75 Å². The van der Waals surface area contributed by atoms with Crippen LogP contribution in [0.1, 0.15) is 38.3 Å². The fourth-order valence-electron chi connectivity index (χ4n) is 2.40. The summed E-state index contributed by atoms with van der Waals surface area (Å²) in [6.45, 7) is 6.14. The third-order valence-corrected chi connectivity index (χ3v) is 4.06. The van der Waals surface area contributed by atoms with E-state index in [0.29, 0.717) is 12.2 Å². The van der Waals surface area contributed by atoms with Crippen LogP contribution in [0.4, 0.5) is 0 Å². The average Bonchev–Trinajstić information content (AvgIpc) is 2.56. The minimum atomic E-state index is -0.950. The summed E-state index contributed by atoms with van der Waals surface area (Å²) in [6.07, 6.45) is 1.73. The molecule has 2 rings (SSSR count). The van der Waals surface area contributed by atoms with Gasteiger partial charge in [-0.3, -0.25) is 0 Å². The van der Waals surface area contributed by atoms with E-state index < -0.39 is 5.97 Å². The van der Waals surface area contributed by atoms with E-state index in [1.807, 2.05) is 42.5 Å². The first-order valence-electron chi connectivity index (χ1n) is 7.70. The number of carboxylic acids is 1. The first-order valence-corrected chi connectivity index (χ1v) is 7.70. The van der Waals surface area contributed by atoms with Gasteiger partial charge in [0.15, 0.2) is 0 Å². The van der Waals surface area contributed by atoms with Crippen LogP contribution >= 0.6 is 0 Å². The number of ether oxygens (including phenoxy) is 1. The molecule has 0 bridgehead atoms. The van der Waals surface area contributed by atoms with Gasteiger partial charge in [0, 0.05) is 5.41 Å². The van der Waals surface area contributed by atoms with Crippen LogP contribution in [0, 0.1) is 0 Å². The largest absolute Gasteiger partial charge is 0.478 e. The molecule has 0 saturated heterocycles. The first kappa shape index (κ1) is 16.8. The van der Waals surface area contributed by atoms with Crippen molar-refractivity contribution in [1.29, 1.82) is 0 Å². The van der Waals surface area contributed by atoms with Gasteiger partial charge in [0.2, 0.25) is 0 Å². The van der Waals surface area contributed by atoms with Crippen LogP contribution in [0.15, 0.2) is 66.4 Å². The molecule has 0 atom stereocenters. The second-order valence-electron chi connectivity index (χ2n) is 5.94. The molecule has 0 spiro atoms. The SMILES string of the molecule is CCC(=COc1ccc(C(C)(C)c2ccccc2)cc1)C(=O)O. The Kier molecular flexibility index (Phi) is 5.22. The van der Waals surface area contributed by atoms with Crippen LogP contribution in [0.2, 0.25) is 0 Å². The molecule has 0 radical (unpaired) electrons. The average molecular weight is 310 g/mol. The third kappa shape index (κ3) is 4.01. The molecular formula is C20H22O3. The summed E-state index contributed by atoms with van der Waals surface area (Å²) in [7, 11) is 0. The molecule has 0 saturated carbocycles. The van der Waals surface area contributed by atoms with Gasteiger partial charge in [-0.05, 0) is 29.7 Å². The molecule has 0 fully saturated rings. The van der Waals surface area contributed by atoms with E-state index in [-0.39, 0.29) is 11.0 Å². The minimum absolute atomic E-state index is 0.106. The topological polar surface area (TPSA) is 46.5 Å². The highest BCUT2D eigenvalue weighted by Gasteiger charge is 2.22. The van der Waals surface area contributed by atoms with Gasteiger partial charge in [-0.25, -0.2) is 4.79 Å². The van der Waals surface area contributed by atoms with Gasteiger partial charge in [-0.2, -0.15) is 0 Å². The Bertz CT molecular complexity index is 683. The molecule has 3 nitrogen and oxygen atoms in total. The summed E-state index contributed by atoms with van der Waals surface area (Å²) in [4.78, 5) is 10.9. The molecule has 0 unspecified atom stereocenters. The predicted molar refractivity (Wildman–Crippen MR) is 91.6 cm³/mol. The number of hydrogen-bond acceptors (Lipinski definition) is 2. The van der Waals surface area contributed by atoms with Crippen molar-refractivity contribution < 1.29 is 14.6 Å². The van der Waals surface area contributed by atoms with Gasteiger partial charge in [0.25, 0.3) is 0 Å². The van der Waals surface area contributed by atoms with Crippen molar-refractivity contribution >= 4 is 5.97 Å². The lowest BCUT2D eigenvalue weighted by Gasteiger charge is -2.26. The van der Waals surface area contributed by atoms with Crippen LogP contribution in [-0.4, -0.2) is 11.1 Å². The van der Waals surface area contributed by atoms with E-state index in [4.69, 9.17) is 9.84 Å². The zero-order valence-corrected chi connectivity index (χ0v) is 13.7. The predicted octanol–water partition coefficient (Wildman–Crippen LogP) is 4.77. The highest BCUT2D eigenvalue weighted by Crippen LogP contribution is 2.32. The summed E-state index contributed by atoms with van der Waals surface area (Å²) in [6, 6.07) is 18.1. The molecule has 1 N–H and O–H groups in total. The number of rotatable bonds is 6. The van der Waals surface area contributed by atoms with Crippen molar-refractivity contribution in [2.45, 2.75) is 32.6 Å². The number of carboxylic acid groups (broad SMARTS) is 1. The summed E-state index contributed by atoms with van der Waals surface area (Å²) in [5, 5.41) is 8.98. The van der Waals surface area contributed by atoms with E-state index in [1.54, 1.807) is 6.92 Å². The quantitative estimate of drug-likeness (QED) is 0.617. The van der Waals surface area contributed by atoms with Gasteiger partial charge >= 0.3 is 5.97 Å². The Balaban J connectivity index is 2.18. The van der Waals surface area contributed by atoms with Crippen molar-refractivity contribution in [1.82, 2.24) is 0 Å². The number of aliphatic carboxylic acids is 1. The molecule has 0 heterocycles. The monoisotopic (exact) mass is 310 g/mol. The van der Waals surface area contributed by atoms with Crippen molar-refractivity contribution in [2.24, 2.45) is 0 Å². The summed E-state index contributed by atoms with van der Waals surface area (Å²) in [5.74, 6) is -0.320. The Morgan fingerprint density at radius 3 is 2.13 bits per heavy atom. The number of carbonyl (C=O) groups is 1. The maximum Gasteiger partial charge on any atom is 0.334 e. The Morgan fingerprint density at radius 2 is 1.61 bits per heavy atom. The third-order valence-electron chi connectivity index (χ3n) is 4.06. The Morgan fingerprint density at radius 1 is 1.04 bits per heavy atom. The van der Waals surface area contributed by atoms with E-state index in [9.17, 15) is 4.79 Å². The maximum atomic E-state index is 10.9. The molecule has 2 aromatic carbocycles. The van der Waals surface area contributed by atoms with Gasteiger partial charge in [0.1, 0.15) is 12.0 Å². The molecule has 0 aromatic heterocycles. The molecular weight excluding hydrogens is 288 g/mol. The fourth-order valence-corrected chi connectivity index (χ4v) is 2.40. The highest BCUT2D eigenvalue weighted by molar-refractivity contribution is 5.86. The Hall–Kier alpha value is -2.55. The zero-order valence-electron chi connectivity index (χ0n) is 13.7. The molecule has 3 heteroatoms. The Labute approximate surface area is 137 Å². The standard InChI is InChI=1S/C20H22O3/c1-4-15(19(21)22)14-23-18-12-10-17(11-13-18)20(2,3)16-8-6-5-7-9-16/h5-14H,4H2,1-3H3,(H,21,22). The second-order valence-corrected chi connectivity index (χ2v) is 5.94. The summed E-state index contributed by atoms with van der Waals surface area (Å²) < 4.78 is 5.45. The van der Waals surface area contributed by atoms with Crippen LogP contribution in [-0.2, 0) is 10.2 Å². The van der Waals surface area contributed by atoms with Crippen LogP contribution in [0.25, 0.3) is 0 Å². The van der Waals surface area contributed by atoms with Crippen molar-refractivity contribution in [3.05, 3.63) is 77.6 Å². The van der Waals surface area contributed by atoms with Gasteiger partial charge in [0.05, 0.1) is 5.57 Å². The lowest BCUT2D eigenvalue weighted by Crippen LogP contribution is -2.18. The lowest BCUT2D eigenvalue weighted by atomic mass is 9.78. The summed E-state index contributed by atoms with van der Waals surface area (Å²) in [5.41, 5.74) is 2.56. The van der Waals surface area contributed by atoms with Crippen LogP contribution in [0.5, 0.6) is 5.75 Å². The normalized spacial score (nSPS) is 12.0. The summed E-state index contributed by atoms with van der Waals surface area (Å²) >= 11 is 0. The van der Waals surface area contributed by atoms with Gasteiger partial charge in [-0.15, -0.1) is 0 Å². The van der Waals surface area contributed by atoms with Crippen LogP contribution < -0.4 is 4.74 Å². The molecule has 120 valence electrons. The van der Waals surface area contributed by atoms with Crippen molar-refractivity contribution in [3.63, 3.8) is 0 Å². The van der Waals surface area contributed by atoms with E-state index >= 15 is 0 Å². The van der Waals surface area contributed by atoms with Gasteiger partial charge < -0.3 is 9.84 Å². The molecule has 23 heavy (non-hydrogen) atoms. The van der Waals surface area contributed by atoms with E-state index in [1.165, 1.54) is 17.4 Å². The second kappa shape index (κ2) is 7.14.